The maximum Gasteiger partial charge on any atom is 0.246 e. The average molecular weight is 465 g/mol. The Kier molecular flexibility index (Phi) is 7.41. The van der Waals surface area contributed by atoms with Crippen molar-refractivity contribution in [2.75, 3.05) is 37.0 Å². The Hall–Kier alpha value is -3.06. The van der Waals surface area contributed by atoms with Gasteiger partial charge < -0.3 is 15.5 Å². The largest absolute Gasteiger partial charge is 0.371 e. The lowest BCUT2D eigenvalue weighted by atomic mass is 9.98. The minimum absolute atomic E-state index is 0.121. The molecule has 4 rings (SSSR count). The van der Waals surface area contributed by atoms with Crippen molar-refractivity contribution in [1.29, 1.82) is 0 Å². The van der Waals surface area contributed by atoms with Gasteiger partial charge in [-0.3, -0.25) is 14.4 Å². The second-order valence-electron chi connectivity index (χ2n) is 9.70. The predicted octanol–water partition coefficient (Wildman–Crippen LogP) is 4.31. The van der Waals surface area contributed by atoms with Crippen molar-refractivity contribution in [3.8, 4) is 0 Å². The number of nitrogens with zero attached hydrogens (tertiary/aromatic N) is 2. The van der Waals surface area contributed by atoms with Gasteiger partial charge in [0.15, 0.2) is 0 Å². The number of piperidine rings is 1. The zero-order valence-corrected chi connectivity index (χ0v) is 20.7. The van der Waals surface area contributed by atoms with Crippen LogP contribution in [0.3, 0.4) is 0 Å². The highest BCUT2D eigenvalue weighted by Crippen LogP contribution is 2.31. The van der Waals surface area contributed by atoms with Gasteiger partial charge in [-0.05, 0) is 73.6 Å². The minimum Gasteiger partial charge on any atom is -0.371 e. The van der Waals surface area contributed by atoms with Gasteiger partial charge in [-0.15, -0.1) is 0 Å². The van der Waals surface area contributed by atoms with E-state index >= 15 is 0 Å². The maximum atomic E-state index is 12.4. The third kappa shape index (κ3) is 5.53. The molecule has 2 saturated heterocycles. The van der Waals surface area contributed by atoms with Gasteiger partial charge >= 0.3 is 0 Å². The van der Waals surface area contributed by atoms with Gasteiger partial charge in [-0.25, -0.2) is 5.06 Å². The van der Waals surface area contributed by atoms with E-state index in [-0.39, 0.29) is 24.2 Å². The first-order valence-electron chi connectivity index (χ1n) is 12.2. The van der Waals surface area contributed by atoms with Crippen molar-refractivity contribution >= 4 is 28.9 Å². The number of hydrogen-bond donors (Lipinski definition) is 2. The summed E-state index contributed by atoms with van der Waals surface area (Å²) in [6.07, 6.45) is 2.71. The van der Waals surface area contributed by atoms with Crippen LogP contribution in [0.4, 0.5) is 17.1 Å². The van der Waals surface area contributed by atoms with Gasteiger partial charge in [0.1, 0.15) is 0 Å². The third-order valence-electron chi connectivity index (χ3n) is 7.03. The number of carbonyl (C=O) groups is 2. The molecule has 0 saturated carbocycles. The van der Waals surface area contributed by atoms with Crippen molar-refractivity contribution in [1.82, 2.24) is 10.4 Å². The van der Waals surface area contributed by atoms with Crippen molar-refractivity contribution in [2.45, 2.75) is 46.6 Å². The Balaban J connectivity index is 1.33. The zero-order chi connectivity index (χ0) is 24.2. The second-order valence-corrected chi connectivity index (χ2v) is 9.70. The fourth-order valence-electron chi connectivity index (χ4n) is 4.80. The van der Waals surface area contributed by atoms with E-state index in [1.54, 1.807) is 0 Å². The van der Waals surface area contributed by atoms with E-state index < -0.39 is 0 Å². The number of nitrogens with one attached hydrogen (secondary N) is 2. The van der Waals surface area contributed by atoms with E-state index in [9.17, 15) is 9.59 Å². The van der Waals surface area contributed by atoms with E-state index in [2.05, 4.69) is 48.4 Å². The quantitative estimate of drug-likeness (QED) is 0.639. The van der Waals surface area contributed by atoms with Crippen LogP contribution in [-0.4, -0.2) is 43.6 Å². The fourth-order valence-corrected chi connectivity index (χ4v) is 4.80. The lowest BCUT2D eigenvalue weighted by molar-refractivity contribution is -0.167. The van der Waals surface area contributed by atoms with Gasteiger partial charge in [-0.2, -0.15) is 0 Å². The van der Waals surface area contributed by atoms with Crippen molar-refractivity contribution < 1.29 is 14.4 Å². The summed E-state index contributed by atoms with van der Waals surface area (Å²) in [6, 6.07) is 12.7. The van der Waals surface area contributed by atoms with Crippen LogP contribution >= 0.6 is 0 Å². The van der Waals surface area contributed by atoms with Crippen molar-refractivity contribution in [3.05, 3.63) is 53.1 Å². The molecular weight excluding hydrogens is 428 g/mol. The highest BCUT2D eigenvalue weighted by molar-refractivity contribution is 5.88. The average Bonchev–Trinajstić information content (AvgIpc) is 3.21. The summed E-state index contributed by atoms with van der Waals surface area (Å²) in [6.45, 7) is 9.66. The number of hydroxylamine groups is 2. The maximum absolute atomic E-state index is 12.4. The van der Waals surface area contributed by atoms with Gasteiger partial charge in [0.05, 0.1) is 19.6 Å². The number of rotatable bonds is 7. The van der Waals surface area contributed by atoms with Gasteiger partial charge in [0, 0.05) is 43.1 Å². The van der Waals surface area contributed by atoms with E-state index in [0.29, 0.717) is 13.1 Å². The summed E-state index contributed by atoms with van der Waals surface area (Å²) in [5.74, 6) is 0.186. The molecule has 2 aliphatic heterocycles. The first-order valence-corrected chi connectivity index (χ1v) is 12.2. The number of aryl methyl sites for hydroxylation is 2. The topological polar surface area (TPSA) is 73.9 Å². The molecule has 7 heteroatoms. The third-order valence-corrected chi connectivity index (χ3v) is 7.03. The van der Waals surface area contributed by atoms with E-state index in [1.165, 1.54) is 41.8 Å². The number of hydrogen-bond acceptors (Lipinski definition) is 5. The number of anilines is 3. The predicted molar refractivity (Wildman–Crippen MR) is 135 cm³/mol. The molecule has 182 valence electrons. The first kappa shape index (κ1) is 24.1. The molecule has 0 radical (unpaired) electrons. The molecular formula is C27H36N4O3. The molecule has 0 bridgehead atoms. The van der Waals surface area contributed by atoms with Crippen LogP contribution in [0.25, 0.3) is 0 Å². The van der Waals surface area contributed by atoms with Gasteiger partial charge in [-0.1, -0.05) is 19.1 Å². The molecule has 2 amide bonds. The molecule has 0 aliphatic carbocycles. The molecule has 0 spiro atoms. The van der Waals surface area contributed by atoms with Crippen LogP contribution in [0.1, 0.15) is 42.9 Å². The summed E-state index contributed by atoms with van der Waals surface area (Å²) in [4.78, 5) is 31.6. The molecule has 2 N–H and O–H groups in total. The van der Waals surface area contributed by atoms with Crippen LogP contribution in [0.2, 0.25) is 0 Å². The van der Waals surface area contributed by atoms with Gasteiger partial charge in [0.25, 0.3) is 0 Å². The summed E-state index contributed by atoms with van der Waals surface area (Å²) in [5.41, 5.74) is 6.95. The standard InChI is InChI=1S/C27H36N4O3/c1-18-9-11-30(12-10-18)24-13-19(2)26(20(3)14-24)29-23-7-5-21(6-8-23)16-28-27(33)22-15-25(32)31(17-22)34-4/h5-8,13-14,18,22,29H,9-12,15-17H2,1-4H3,(H,28,33). The summed E-state index contributed by atoms with van der Waals surface area (Å²) in [5, 5.41) is 7.75. The number of carbonyl (C=O) groups excluding carboxylic acids is 2. The highest BCUT2D eigenvalue weighted by Gasteiger charge is 2.34. The Morgan fingerprint density at radius 2 is 1.74 bits per heavy atom. The smallest absolute Gasteiger partial charge is 0.246 e. The molecule has 2 fully saturated rings. The lowest BCUT2D eigenvalue weighted by Crippen LogP contribution is -2.32. The monoisotopic (exact) mass is 464 g/mol. The van der Waals surface area contributed by atoms with E-state index in [0.717, 1.165) is 35.9 Å². The first-order chi connectivity index (χ1) is 16.3. The highest BCUT2D eigenvalue weighted by atomic mass is 16.7. The van der Waals surface area contributed by atoms with Crippen LogP contribution < -0.4 is 15.5 Å². The fraction of sp³-hybridized carbons (Fsp3) is 0.481. The molecule has 7 nitrogen and oxygen atoms in total. The Labute approximate surface area is 202 Å². The van der Waals surface area contributed by atoms with E-state index in [4.69, 9.17) is 4.84 Å². The Morgan fingerprint density at radius 1 is 1.09 bits per heavy atom. The molecule has 2 aromatic carbocycles. The normalized spacial score (nSPS) is 18.9. The van der Waals surface area contributed by atoms with Crippen molar-refractivity contribution in [2.24, 2.45) is 11.8 Å². The minimum atomic E-state index is -0.365. The number of benzene rings is 2. The lowest BCUT2D eigenvalue weighted by Gasteiger charge is -2.33. The molecule has 1 atom stereocenters. The molecule has 34 heavy (non-hydrogen) atoms. The van der Waals surface area contributed by atoms with Crippen LogP contribution in [0.15, 0.2) is 36.4 Å². The second kappa shape index (κ2) is 10.5. The Bertz CT molecular complexity index is 1010. The van der Waals surface area contributed by atoms with Crippen LogP contribution in [0.5, 0.6) is 0 Å². The van der Waals surface area contributed by atoms with Crippen LogP contribution in [0, 0.1) is 25.7 Å². The summed E-state index contributed by atoms with van der Waals surface area (Å²) in [7, 11) is 1.44. The Morgan fingerprint density at radius 3 is 2.32 bits per heavy atom. The molecule has 2 heterocycles. The van der Waals surface area contributed by atoms with E-state index in [1.807, 2.05) is 24.3 Å². The summed E-state index contributed by atoms with van der Waals surface area (Å²) < 4.78 is 0. The molecule has 0 aromatic heterocycles. The summed E-state index contributed by atoms with van der Waals surface area (Å²) >= 11 is 0. The number of amides is 2. The van der Waals surface area contributed by atoms with Crippen molar-refractivity contribution in [3.63, 3.8) is 0 Å². The van der Waals surface area contributed by atoms with Gasteiger partial charge in [0.2, 0.25) is 11.8 Å². The SMILES string of the molecule is CON1CC(C(=O)NCc2ccc(Nc3c(C)cc(N4CCC(C)CC4)cc3C)cc2)CC1=O. The molecule has 2 aromatic rings. The molecule has 2 aliphatic rings. The zero-order valence-electron chi connectivity index (χ0n) is 20.7. The van der Waals surface area contributed by atoms with Crippen LogP contribution in [-0.2, 0) is 21.0 Å². The molecule has 1 unspecified atom stereocenters.